The Morgan fingerprint density at radius 1 is 0.923 bits per heavy atom. The van der Waals surface area contributed by atoms with Gasteiger partial charge in [0.1, 0.15) is 24.7 Å². The molecule has 3 aromatic rings. The minimum absolute atomic E-state index is 0.0726. The molecule has 0 amide bonds. The lowest BCUT2D eigenvalue weighted by Gasteiger charge is -2.21. The largest absolute Gasteiger partial charge is 0.503 e. The van der Waals surface area contributed by atoms with Gasteiger partial charge in [0.25, 0.3) is 0 Å². The lowest BCUT2D eigenvalue weighted by Crippen LogP contribution is -2.18. The fraction of sp³-hybridized carbons (Fsp3) is 0.120. The Morgan fingerprint density at radius 2 is 1.64 bits per heavy atom. The fourth-order valence-electron chi connectivity index (χ4n) is 3.46. The number of amidine groups is 1. The second kappa shape index (κ2) is 11.0. The summed E-state index contributed by atoms with van der Waals surface area (Å²) in [5.41, 5.74) is 0.974. The van der Waals surface area contributed by atoms with Crippen molar-refractivity contribution < 1.29 is 38.0 Å². The van der Waals surface area contributed by atoms with Gasteiger partial charge in [-0.3, -0.25) is 5.41 Å². The van der Waals surface area contributed by atoms with E-state index in [9.17, 15) is 28.5 Å². The average molecular weight is 542 g/mol. The molecule has 2 aromatic carbocycles. The second-order valence-electron chi connectivity index (χ2n) is 8.01. The highest BCUT2D eigenvalue weighted by atomic mass is 19.4. The molecule has 11 nitrogen and oxygen atoms in total. The lowest BCUT2D eigenvalue weighted by atomic mass is 10.0. The first-order valence-corrected chi connectivity index (χ1v) is 11.1. The van der Waals surface area contributed by atoms with Gasteiger partial charge in [0.2, 0.25) is 11.6 Å². The number of aliphatic hydroxyl groups excluding tert-OH is 3. The van der Waals surface area contributed by atoms with Gasteiger partial charge in [0.05, 0.1) is 5.56 Å². The number of benzene rings is 2. The summed E-state index contributed by atoms with van der Waals surface area (Å²) in [7, 11) is 0. The second-order valence-corrected chi connectivity index (χ2v) is 8.01. The number of halogens is 3. The molecule has 0 saturated carbocycles. The molecular formula is C25H21F3N6O5. The monoisotopic (exact) mass is 542 g/mol. The maximum atomic E-state index is 12.6. The van der Waals surface area contributed by atoms with Gasteiger partial charge in [-0.2, -0.15) is 13.2 Å². The van der Waals surface area contributed by atoms with Crippen molar-refractivity contribution in [2.24, 2.45) is 16.2 Å². The molecule has 0 spiro atoms. The van der Waals surface area contributed by atoms with E-state index < -0.39 is 29.0 Å². The normalized spacial score (nSPS) is 13.4. The number of rotatable bonds is 9. The van der Waals surface area contributed by atoms with Gasteiger partial charge in [-0.05, 0) is 54.1 Å². The van der Waals surface area contributed by atoms with E-state index in [0.717, 1.165) is 12.1 Å². The third-order valence-electron chi connectivity index (χ3n) is 5.41. The van der Waals surface area contributed by atoms with Crippen LogP contribution < -0.4 is 20.6 Å². The lowest BCUT2D eigenvalue weighted by molar-refractivity contribution is -0.137. The number of pyridine rings is 1. The number of alkyl halides is 3. The van der Waals surface area contributed by atoms with Gasteiger partial charge in [-0.25, -0.2) is 4.98 Å². The molecule has 39 heavy (non-hydrogen) atoms. The van der Waals surface area contributed by atoms with E-state index in [4.69, 9.17) is 20.7 Å². The first kappa shape index (κ1) is 26.8. The van der Waals surface area contributed by atoms with Crippen molar-refractivity contribution in [2.75, 3.05) is 18.5 Å². The molecule has 14 heteroatoms. The Bertz CT molecular complexity index is 1470. The predicted molar refractivity (Wildman–Crippen MR) is 134 cm³/mol. The van der Waals surface area contributed by atoms with Crippen LogP contribution in [-0.2, 0) is 6.18 Å². The molecule has 1 heterocycles. The molecule has 0 aliphatic heterocycles. The number of nitrogens with one attached hydrogen (secondary N) is 2. The van der Waals surface area contributed by atoms with Gasteiger partial charge in [0.15, 0.2) is 17.4 Å². The molecule has 0 saturated heterocycles. The van der Waals surface area contributed by atoms with Gasteiger partial charge >= 0.3 is 6.18 Å². The van der Waals surface area contributed by atoms with Crippen molar-refractivity contribution in [3.8, 4) is 22.8 Å². The zero-order valence-electron chi connectivity index (χ0n) is 19.9. The van der Waals surface area contributed by atoms with E-state index >= 15 is 0 Å². The predicted octanol–water partition coefficient (Wildman–Crippen LogP) is 5.40. The smallest absolute Gasteiger partial charge is 0.416 e. The van der Waals surface area contributed by atoms with E-state index in [0.29, 0.717) is 22.4 Å². The summed E-state index contributed by atoms with van der Waals surface area (Å²) in [6, 6.07) is 12.4. The van der Waals surface area contributed by atoms with Crippen molar-refractivity contribution in [2.45, 2.75) is 6.18 Å². The number of nitrogens with zero attached hydrogens (tertiary/aromatic N) is 3. The SMILES string of the molecule is N=C(N=NN)c1cc(NC2=C(O)C(O)=C2O)cc(-c2ccc(OCCOc3ccc(C(F)(F)F)cc3)nc2)c1. The van der Waals surface area contributed by atoms with E-state index in [1.54, 1.807) is 24.3 Å². The van der Waals surface area contributed by atoms with Gasteiger partial charge < -0.3 is 36.0 Å². The Balaban J connectivity index is 1.42. The topological polar surface area (TPSA) is 179 Å². The van der Waals surface area contributed by atoms with Crippen LogP contribution in [0.3, 0.4) is 0 Å². The van der Waals surface area contributed by atoms with Crippen LogP contribution >= 0.6 is 0 Å². The zero-order chi connectivity index (χ0) is 28.2. The zero-order valence-corrected chi connectivity index (χ0v) is 19.9. The minimum Gasteiger partial charge on any atom is -0.503 e. The van der Waals surface area contributed by atoms with E-state index in [1.165, 1.54) is 24.4 Å². The van der Waals surface area contributed by atoms with Crippen LogP contribution in [0.1, 0.15) is 11.1 Å². The number of hydrogen-bond acceptors (Lipinski definition) is 9. The van der Waals surface area contributed by atoms with E-state index in [2.05, 4.69) is 20.6 Å². The van der Waals surface area contributed by atoms with Gasteiger partial charge in [-0.1, -0.05) is 5.22 Å². The van der Waals surface area contributed by atoms with E-state index in [-0.39, 0.29) is 36.4 Å². The highest BCUT2D eigenvalue weighted by Gasteiger charge is 2.30. The maximum Gasteiger partial charge on any atom is 0.416 e. The molecule has 1 aliphatic carbocycles. The quantitative estimate of drug-likeness (QED) is 0.0519. The first-order valence-electron chi connectivity index (χ1n) is 11.1. The highest BCUT2D eigenvalue weighted by Crippen LogP contribution is 2.33. The average Bonchev–Trinajstić information content (AvgIpc) is 2.93. The summed E-state index contributed by atoms with van der Waals surface area (Å²) >= 11 is 0. The molecule has 202 valence electrons. The minimum atomic E-state index is -4.42. The van der Waals surface area contributed by atoms with Crippen molar-refractivity contribution in [1.29, 1.82) is 5.41 Å². The van der Waals surface area contributed by atoms with Crippen molar-refractivity contribution in [3.05, 3.63) is 94.9 Å². The summed E-state index contributed by atoms with van der Waals surface area (Å²) in [5, 5.41) is 46.4. The molecule has 4 rings (SSSR count). The Kier molecular flexibility index (Phi) is 7.56. The van der Waals surface area contributed by atoms with Gasteiger partial charge in [-0.15, -0.1) is 5.11 Å². The highest BCUT2D eigenvalue weighted by molar-refractivity contribution is 5.99. The summed E-state index contributed by atoms with van der Waals surface area (Å²) in [6.45, 7) is 0.157. The van der Waals surface area contributed by atoms with E-state index in [1.807, 2.05) is 0 Å². The molecule has 1 aromatic heterocycles. The van der Waals surface area contributed by atoms with Gasteiger partial charge in [0, 0.05) is 29.1 Å². The third kappa shape index (κ3) is 6.18. The first-order chi connectivity index (χ1) is 18.6. The number of aliphatic hydroxyl groups is 3. The summed E-state index contributed by atoms with van der Waals surface area (Å²) < 4.78 is 48.8. The van der Waals surface area contributed by atoms with Crippen molar-refractivity contribution in [1.82, 2.24) is 4.98 Å². The molecule has 0 bridgehead atoms. The van der Waals surface area contributed by atoms with Crippen LogP contribution in [0.5, 0.6) is 11.6 Å². The van der Waals surface area contributed by atoms with Crippen LogP contribution in [-0.4, -0.2) is 39.4 Å². The summed E-state index contributed by atoms with van der Waals surface area (Å²) in [4.78, 5) is 4.23. The Hall–Kier alpha value is -5.27. The molecular weight excluding hydrogens is 521 g/mol. The standard InChI is InChI=1S/C25H21F3N6O5/c26-25(27,28)16-2-4-18(5-3-16)38-7-8-39-19-6-1-13(12-31-19)14-9-15(24(29)33-34-30)11-17(10-14)32-20-21(35)23(37)22(20)36/h1-6,9-12,32,35-37H,7-8H2,(H3,29,30,33). The number of ether oxygens (including phenoxy) is 2. The molecule has 7 N–H and O–H groups in total. The molecule has 1 aliphatic rings. The molecule has 0 fully saturated rings. The van der Waals surface area contributed by atoms with Crippen LogP contribution in [0.2, 0.25) is 0 Å². The maximum absolute atomic E-state index is 12.6. The number of anilines is 1. The Labute approximate surface area is 218 Å². The number of hydrogen-bond donors (Lipinski definition) is 6. The van der Waals surface area contributed by atoms with Crippen LogP contribution in [0.4, 0.5) is 18.9 Å². The third-order valence-corrected chi connectivity index (χ3v) is 5.41. The Morgan fingerprint density at radius 3 is 2.26 bits per heavy atom. The number of aromatic nitrogens is 1. The number of nitrogens with two attached hydrogens (primary N) is 1. The van der Waals surface area contributed by atoms with Crippen LogP contribution in [0, 0.1) is 5.41 Å². The summed E-state index contributed by atoms with van der Waals surface area (Å²) in [5.74, 6) is 3.68. The van der Waals surface area contributed by atoms with Crippen molar-refractivity contribution in [3.63, 3.8) is 0 Å². The molecule has 0 unspecified atom stereocenters. The van der Waals surface area contributed by atoms with Crippen LogP contribution in [0.25, 0.3) is 11.1 Å². The summed E-state index contributed by atoms with van der Waals surface area (Å²) in [6.07, 6.45) is -2.91. The molecule has 0 atom stereocenters. The van der Waals surface area contributed by atoms with Crippen molar-refractivity contribution >= 4 is 11.5 Å². The molecule has 0 radical (unpaired) electrons. The fourth-order valence-corrected chi connectivity index (χ4v) is 3.46. The van der Waals surface area contributed by atoms with Crippen LogP contribution in [0.15, 0.2) is 94.1 Å².